The van der Waals surface area contributed by atoms with Crippen LogP contribution in [0.1, 0.15) is 43.6 Å². The SMILES string of the molecule is COc1ccc([C@H]2CNC(=O)[C@H](CNc3cccc(Oc4ccccc4)c3)C2)cc1OC1CCCC1. The normalized spacial score (nSPS) is 20.0. The molecule has 0 bridgehead atoms. The highest BCUT2D eigenvalue weighted by atomic mass is 16.5. The number of anilines is 1. The van der Waals surface area contributed by atoms with Gasteiger partial charge in [-0.2, -0.15) is 0 Å². The van der Waals surface area contributed by atoms with Gasteiger partial charge >= 0.3 is 0 Å². The van der Waals surface area contributed by atoms with Gasteiger partial charge in [-0.05, 0) is 74.1 Å². The van der Waals surface area contributed by atoms with Crippen molar-refractivity contribution in [1.82, 2.24) is 5.32 Å². The molecule has 0 spiro atoms. The number of ether oxygens (including phenoxy) is 3. The molecule has 2 N–H and O–H groups in total. The molecule has 5 rings (SSSR count). The maximum absolute atomic E-state index is 12.7. The Labute approximate surface area is 213 Å². The van der Waals surface area contributed by atoms with E-state index in [9.17, 15) is 4.79 Å². The van der Waals surface area contributed by atoms with Gasteiger partial charge in [0.1, 0.15) is 11.5 Å². The van der Waals surface area contributed by atoms with Gasteiger partial charge < -0.3 is 24.8 Å². The molecule has 6 nitrogen and oxygen atoms in total. The Kier molecular flexibility index (Phi) is 7.60. The van der Waals surface area contributed by atoms with Crippen molar-refractivity contribution in [2.45, 2.75) is 44.1 Å². The lowest BCUT2D eigenvalue weighted by atomic mass is 9.85. The van der Waals surface area contributed by atoms with E-state index in [1.807, 2.05) is 60.7 Å². The number of hydrogen-bond acceptors (Lipinski definition) is 5. The van der Waals surface area contributed by atoms with Gasteiger partial charge in [0.2, 0.25) is 5.91 Å². The maximum atomic E-state index is 12.7. The van der Waals surface area contributed by atoms with E-state index in [1.54, 1.807) is 7.11 Å². The monoisotopic (exact) mass is 486 g/mol. The van der Waals surface area contributed by atoms with Gasteiger partial charge in [0.15, 0.2) is 11.5 Å². The third-order valence-electron chi connectivity index (χ3n) is 7.08. The van der Waals surface area contributed by atoms with Crippen LogP contribution in [-0.4, -0.2) is 32.2 Å². The van der Waals surface area contributed by atoms with Crippen LogP contribution in [0.3, 0.4) is 0 Å². The topological polar surface area (TPSA) is 68.8 Å². The molecule has 1 amide bonds. The van der Waals surface area contributed by atoms with Crippen LogP contribution in [0.2, 0.25) is 0 Å². The van der Waals surface area contributed by atoms with Gasteiger partial charge in [-0.1, -0.05) is 30.3 Å². The lowest BCUT2D eigenvalue weighted by Gasteiger charge is -2.30. The van der Waals surface area contributed by atoms with E-state index < -0.39 is 0 Å². The van der Waals surface area contributed by atoms with Crippen molar-refractivity contribution in [3.8, 4) is 23.0 Å². The third kappa shape index (κ3) is 5.93. The third-order valence-corrected chi connectivity index (χ3v) is 7.08. The second-order valence-corrected chi connectivity index (χ2v) is 9.63. The van der Waals surface area contributed by atoms with E-state index in [0.717, 1.165) is 47.9 Å². The molecular formula is C30H34N2O4. The number of benzene rings is 3. The van der Waals surface area contributed by atoms with Gasteiger partial charge in [0.05, 0.1) is 19.1 Å². The fourth-order valence-electron chi connectivity index (χ4n) is 5.09. The standard InChI is InChI=1S/C30H34N2O4/c1-34-28-15-14-21(17-29(28)36-26-11-5-6-12-26)22-16-23(30(33)32-19-22)20-31-24-8-7-13-27(18-24)35-25-9-3-2-4-10-25/h2-4,7-10,13-15,17-18,22-23,26,31H,5-6,11-12,16,19-20H2,1H3,(H,32,33)/t22-,23+/m1/s1. The molecule has 1 saturated carbocycles. The van der Waals surface area contributed by atoms with E-state index in [4.69, 9.17) is 14.2 Å². The summed E-state index contributed by atoms with van der Waals surface area (Å²) < 4.78 is 17.8. The summed E-state index contributed by atoms with van der Waals surface area (Å²) in [5.41, 5.74) is 2.10. The summed E-state index contributed by atoms with van der Waals surface area (Å²) in [6, 6.07) is 23.7. The highest BCUT2D eigenvalue weighted by Crippen LogP contribution is 2.36. The molecule has 6 heteroatoms. The zero-order chi connectivity index (χ0) is 24.7. The van der Waals surface area contributed by atoms with E-state index >= 15 is 0 Å². The van der Waals surface area contributed by atoms with E-state index in [1.165, 1.54) is 18.4 Å². The Balaban J connectivity index is 1.23. The molecule has 0 aromatic heterocycles. The molecule has 1 heterocycles. The van der Waals surface area contributed by atoms with Crippen LogP contribution in [0, 0.1) is 5.92 Å². The van der Waals surface area contributed by atoms with Crippen LogP contribution in [0.5, 0.6) is 23.0 Å². The summed E-state index contributed by atoms with van der Waals surface area (Å²) >= 11 is 0. The van der Waals surface area contributed by atoms with Gasteiger partial charge in [0.25, 0.3) is 0 Å². The minimum Gasteiger partial charge on any atom is -0.493 e. The Morgan fingerprint density at radius 2 is 1.72 bits per heavy atom. The first-order chi connectivity index (χ1) is 17.7. The zero-order valence-corrected chi connectivity index (χ0v) is 20.7. The second-order valence-electron chi connectivity index (χ2n) is 9.63. The van der Waals surface area contributed by atoms with Gasteiger partial charge in [-0.25, -0.2) is 0 Å². The fourth-order valence-corrected chi connectivity index (χ4v) is 5.09. The quantitative estimate of drug-likeness (QED) is 0.380. The number of piperidine rings is 1. The number of nitrogens with one attached hydrogen (secondary N) is 2. The van der Waals surface area contributed by atoms with Crippen LogP contribution in [-0.2, 0) is 4.79 Å². The molecular weight excluding hydrogens is 452 g/mol. The molecule has 0 radical (unpaired) electrons. The first kappa shape index (κ1) is 24.0. The molecule has 1 aliphatic carbocycles. The first-order valence-corrected chi connectivity index (χ1v) is 12.9. The molecule has 0 unspecified atom stereocenters. The Bertz CT molecular complexity index is 1160. The van der Waals surface area contributed by atoms with Crippen LogP contribution in [0.15, 0.2) is 72.8 Å². The average Bonchev–Trinajstić information content (AvgIpc) is 3.42. The van der Waals surface area contributed by atoms with Crippen molar-refractivity contribution in [3.63, 3.8) is 0 Å². The molecule has 2 atom stereocenters. The molecule has 1 aliphatic heterocycles. The highest BCUT2D eigenvalue weighted by molar-refractivity contribution is 5.80. The first-order valence-electron chi connectivity index (χ1n) is 12.9. The number of carbonyl (C=O) groups excluding carboxylic acids is 1. The number of carbonyl (C=O) groups is 1. The van der Waals surface area contributed by atoms with E-state index in [-0.39, 0.29) is 23.8 Å². The number of para-hydroxylation sites is 1. The van der Waals surface area contributed by atoms with E-state index in [2.05, 4.69) is 22.8 Å². The predicted molar refractivity (Wildman–Crippen MR) is 141 cm³/mol. The lowest BCUT2D eigenvalue weighted by molar-refractivity contribution is -0.126. The molecule has 2 aliphatic rings. The van der Waals surface area contributed by atoms with Crippen LogP contribution in [0.4, 0.5) is 5.69 Å². The largest absolute Gasteiger partial charge is 0.493 e. The highest BCUT2D eigenvalue weighted by Gasteiger charge is 2.30. The molecule has 1 saturated heterocycles. The number of hydrogen-bond donors (Lipinski definition) is 2. The molecule has 36 heavy (non-hydrogen) atoms. The van der Waals surface area contributed by atoms with Gasteiger partial charge in [0, 0.05) is 30.8 Å². The molecule has 188 valence electrons. The van der Waals surface area contributed by atoms with E-state index in [0.29, 0.717) is 13.1 Å². The van der Waals surface area contributed by atoms with Gasteiger partial charge in [-0.15, -0.1) is 0 Å². The van der Waals surface area contributed by atoms with Crippen LogP contribution >= 0.6 is 0 Å². The number of rotatable bonds is 9. The second kappa shape index (κ2) is 11.4. The summed E-state index contributed by atoms with van der Waals surface area (Å²) in [6.45, 7) is 1.18. The smallest absolute Gasteiger partial charge is 0.224 e. The molecule has 3 aromatic rings. The Hall–Kier alpha value is -3.67. The fraction of sp³-hybridized carbons (Fsp3) is 0.367. The number of methoxy groups -OCH3 is 1. The summed E-state index contributed by atoms with van der Waals surface area (Å²) in [5.74, 6) is 3.30. The zero-order valence-electron chi connectivity index (χ0n) is 20.7. The Morgan fingerprint density at radius 3 is 2.53 bits per heavy atom. The minimum absolute atomic E-state index is 0.0892. The number of amides is 1. The van der Waals surface area contributed by atoms with Crippen molar-refractivity contribution in [3.05, 3.63) is 78.4 Å². The Morgan fingerprint density at radius 1 is 0.917 bits per heavy atom. The predicted octanol–water partition coefficient (Wildman–Crippen LogP) is 6.14. The maximum Gasteiger partial charge on any atom is 0.224 e. The van der Waals surface area contributed by atoms with Gasteiger partial charge in [-0.3, -0.25) is 4.79 Å². The summed E-state index contributed by atoms with van der Waals surface area (Å²) in [4.78, 5) is 12.7. The van der Waals surface area contributed by atoms with Crippen molar-refractivity contribution < 1.29 is 19.0 Å². The van der Waals surface area contributed by atoms with Crippen molar-refractivity contribution >= 4 is 11.6 Å². The summed E-state index contributed by atoms with van der Waals surface area (Å²) in [6.07, 6.45) is 5.66. The minimum atomic E-state index is -0.135. The summed E-state index contributed by atoms with van der Waals surface area (Å²) in [7, 11) is 1.68. The lowest BCUT2D eigenvalue weighted by Crippen LogP contribution is -2.43. The van der Waals surface area contributed by atoms with Crippen molar-refractivity contribution in [1.29, 1.82) is 0 Å². The average molecular weight is 487 g/mol. The van der Waals surface area contributed by atoms with Crippen LogP contribution in [0.25, 0.3) is 0 Å². The van der Waals surface area contributed by atoms with Crippen molar-refractivity contribution in [2.24, 2.45) is 5.92 Å². The molecule has 2 fully saturated rings. The van der Waals surface area contributed by atoms with Crippen molar-refractivity contribution in [2.75, 3.05) is 25.5 Å². The van der Waals surface area contributed by atoms with Crippen LogP contribution < -0.4 is 24.8 Å². The summed E-state index contributed by atoms with van der Waals surface area (Å²) in [5, 5.41) is 6.54. The molecule has 3 aromatic carbocycles.